The van der Waals surface area contributed by atoms with Gasteiger partial charge in [0.25, 0.3) is 0 Å². The van der Waals surface area contributed by atoms with Gasteiger partial charge in [-0.05, 0) is 0 Å². The molecule has 3 nitrogen and oxygen atoms in total. The molecule has 1 amide bonds. The van der Waals surface area contributed by atoms with Crippen LogP contribution in [0.25, 0.3) is 0 Å². The van der Waals surface area contributed by atoms with Crippen LogP contribution in [0.2, 0.25) is 0 Å². The molecule has 0 saturated carbocycles. The molecule has 0 aliphatic rings. The molecular formula is C14H32BrN2OP. The van der Waals surface area contributed by atoms with Gasteiger partial charge >= 0.3 is 127 Å². The van der Waals surface area contributed by atoms with Crippen molar-refractivity contribution >= 4 is 26.7 Å². The topological polar surface area (TPSA) is 55.1 Å². The van der Waals surface area contributed by atoms with E-state index in [0.717, 1.165) is 0 Å². The van der Waals surface area contributed by atoms with Crippen LogP contribution in [0.5, 0.6) is 0 Å². The molecule has 0 saturated heterocycles. The number of hydrazine groups is 1. The van der Waals surface area contributed by atoms with Gasteiger partial charge in [-0.25, -0.2) is 0 Å². The van der Waals surface area contributed by atoms with Crippen molar-refractivity contribution in [3.8, 4) is 0 Å². The number of carbonyl (C=O) groups is 1. The summed E-state index contributed by atoms with van der Waals surface area (Å²) in [5, 5.41) is -2.11. The fourth-order valence-corrected chi connectivity index (χ4v) is 10.9. The Bertz CT molecular complexity index is 250. The number of nitrogens with two attached hydrogens (primary N) is 1. The SMILES string of the molecule is CCCCP(Br)(CCCC)(CCCC)CC(=O)NN. The number of amides is 1. The van der Waals surface area contributed by atoms with E-state index < -0.39 is 5.31 Å². The Hall–Kier alpha value is 0.340. The third-order valence-electron chi connectivity index (χ3n) is 3.91. The molecule has 0 aromatic heterocycles. The van der Waals surface area contributed by atoms with Crippen molar-refractivity contribution in [3.05, 3.63) is 0 Å². The van der Waals surface area contributed by atoms with Gasteiger partial charge in [-0.1, -0.05) is 0 Å². The van der Waals surface area contributed by atoms with Gasteiger partial charge in [0, 0.05) is 0 Å². The Labute approximate surface area is 127 Å². The second-order valence-corrected chi connectivity index (χ2v) is 17.1. The summed E-state index contributed by atoms with van der Waals surface area (Å²) in [6.07, 6.45) is 11.3. The second kappa shape index (κ2) is 9.31. The van der Waals surface area contributed by atoms with Gasteiger partial charge in [0.15, 0.2) is 0 Å². The van der Waals surface area contributed by atoms with Gasteiger partial charge in [-0.3, -0.25) is 0 Å². The Balaban J connectivity index is 5.09. The van der Waals surface area contributed by atoms with Crippen molar-refractivity contribution in [2.75, 3.05) is 24.6 Å². The predicted octanol–water partition coefficient (Wildman–Crippen LogP) is 4.24. The normalized spacial score (nSPS) is 13.8. The summed E-state index contributed by atoms with van der Waals surface area (Å²) in [6.45, 7) is 6.66. The van der Waals surface area contributed by atoms with E-state index in [2.05, 4.69) is 41.7 Å². The molecule has 0 rings (SSSR count). The molecule has 0 unspecified atom stereocenters. The average molecular weight is 355 g/mol. The first-order valence-corrected chi connectivity index (χ1v) is 12.6. The zero-order valence-corrected chi connectivity index (χ0v) is 15.4. The first-order valence-electron chi connectivity index (χ1n) is 7.65. The number of rotatable bonds is 11. The molecule has 3 N–H and O–H groups in total. The Morgan fingerprint density at radius 1 is 1.00 bits per heavy atom. The van der Waals surface area contributed by atoms with Gasteiger partial charge in [0.05, 0.1) is 0 Å². The molecule has 0 spiro atoms. The minimum atomic E-state index is -2.11. The van der Waals surface area contributed by atoms with E-state index in [1.54, 1.807) is 0 Å². The maximum absolute atomic E-state index is 11.9. The van der Waals surface area contributed by atoms with Gasteiger partial charge in [0.1, 0.15) is 0 Å². The fourth-order valence-electron chi connectivity index (χ4n) is 2.64. The van der Waals surface area contributed by atoms with E-state index >= 15 is 0 Å². The minimum absolute atomic E-state index is 0.00199. The number of hydrogen-bond donors (Lipinski definition) is 2. The van der Waals surface area contributed by atoms with Crippen LogP contribution < -0.4 is 11.3 Å². The van der Waals surface area contributed by atoms with E-state index in [9.17, 15) is 4.79 Å². The third-order valence-corrected chi connectivity index (χ3v) is 13.2. The molecule has 0 fully saturated rings. The number of carbonyl (C=O) groups excluding carboxylic acids is 1. The van der Waals surface area contributed by atoms with Gasteiger partial charge in [0.2, 0.25) is 0 Å². The van der Waals surface area contributed by atoms with Crippen molar-refractivity contribution in [2.24, 2.45) is 5.84 Å². The summed E-state index contributed by atoms with van der Waals surface area (Å²) in [5.41, 5.74) is 2.34. The van der Waals surface area contributed by atoms with E-state index in [-0.39, 0.29) is 5.91 Å². The zero-order chi connectivity index (χ0) is 14.8. The van der Waals surface area contributed by atoms with Gasteiger partial charge in [-0.2, -0.15) is 0 Å². The average Bonchev–Trinajstić information content (AvgIpc) is 2.41. The first-order chi connectivity index (χ1) is 8.93. The molecule has 0 atom stereocenters. The molecule has 116 valence electrons. The van der Waals surface area contributed by atoms with Gasteiger partial charge < -0.3 is 0 Å². The monoisotopic (exact) mass is 354 g/mol. The van der Waals surface area contributed by atoms with Crippen LogP contribution in [0.1, 0.15) is 59.3 Å². The molecular weight excluding hydrogens is 323 g/mol. The second-order valence-electron chi connectivity index (χ2n) is 5.78. The number of nitrogens with one attached hydrogen (secondary N) is 1. The van der Waals surface area contributed by atoms with Crippen molar-refractivity contribution < 1.29 is 4.79 Å². The summed E-state index contributed by atoms with van der Waals surface area (Å²) in [7, 11) is 0. The molecule has 0 aliphatic carbocycles. The molecule has 0 aromatic carbocycles. The maximum atomic E-state index is 11.9. The summed E-state index contributed by atoms with van der Waals surface area (Å²) in [4.78, 5) is 11.9. The number of unbranched alkanes of at least 4 members (excludes halogenated alkanes) is 3. The van der Waals surface area contributed by atoms with E-state index in [4.69, 9.17) is 5.84 Å². The van der Waals surface area contributed by atoms with Crippen LogP contribution in [0.3, 0.4) is 0 Å². The molecule has 0 radical (unpaired) electrons. The Kier molecular flexibility index (Phi) is 9.47. The molecule has 5 heteroatoms. The molecule has 0 aromatic rings. The molecule has 0 heterocycles. The zero-order valence-electron chi connectivity index (χ0n) is 12.9. The van der Waals surface area contributed by atoms with Crippen LogP contribution in [0.15, 0.2) is 0 Å². The predicted molar refractivity (Wildman–Crippen MR) is 92.4 cm³/mol. The summed E-state index contributed by atoms with van der Waals surface area (Å²) in [5.74, 6) is 5.32. The van der Waals surface area contributed by atoms with Crippen molar-refractivity contribution in [3.63, 3.8) is 0 Å². The quantitative estimate of drug-likeness (QED) is 0.252. The standard InChI is InChI=1S/C14H32BrN2OP/c1-4-7-10-19(15,11-8-5-2,12-9-6-3)13-14(18)17-16/h4-13,16H2,1-3H3,(H,17,18). The summed E-state index contributed by atoms with van der Waals surface area (Å²) in [6, 6.07) is 0. The van der Waals surface area contributed by atoms with Crippen LogP contribution in [0, 0.1) is 0 Å². The van der Waals surface area contributed by atoms with Gasteiger partial charge in [-0.15, -0.1) is 0 Å². The van der Waals surface area contributed by atoms with Crippen molar-refractivity contribution in [1.82, 2.24) is 5.43 Å². The molecule has 0 aliphatic heterocycles. The van der Waals surface area contributed by atoms with Crippen molar-refractivity contribution in [1.29, 1.82) is 0 Å². The van der Waals surface area contributed by atoms with Crippen molar-refractivity contribution in [2.45, 2.75) is 59.3 Å². The number of hydrogen-bond acceptors (Lipinski definition) is 2. The first kappa shape index (κ1) is 19.3. The van der Waals surface area contributed by atoms with Crippen LogP contribution in [-0.4, -0.2) is 30.6 Å². The molecule has 0 bridgehead atoms. The fraction of sp³-hybridized carbons (Fsp3) is 0.929. The van der Waals surface area contributed by atoms with Crippen LogP contribution in [0.4, 0.5) is 0 Å². The number of halogens is 1. The summed E-state index contributed by atoms with van der Waals surface area (Å²) >= 11 is 4.15. The van der Waals surface area contributed by atoms with E-state index in [0.29, 0.717) is 6.16 Å². The summed E-state index contributed by atoms with van der Waals surface area (Å²) < 4.78 is 0. The Morgan fingerprint density at radius 3 is 1.63 bits per heavy atom. The van der Waals surface area contributed by atoms with E-state index in [1.165, 1.54) is 57.0 Å². The molecule has 19 heavy (non-hydrogen) atoms. The van der Waals surface area contributed by atoms with Crippen LogP contribution >= 0.6 is 20.8 Å². The Morgan fingerprint density at radius 2 is 1.37 bits per heavy atom. The van der Waals surface area contributed by atoms with Crippen LogP contribution in [-0.2, 0) is 4.79 Å². The van der Waals surface area contributed by atoms with E-state index in [1.807, 2.05) is 0 Å². The third kappa shape index (κ3) is 7.06.